The summed E-state index contributed by atoms with van der Waals surface area (Å²) in [5.41, 5.74) is 0.132. The fourth-order valence-electron chi connectivity index (χ4n) is 0.918. The molecular weight excluding hydrogens is 238 g/mol. The van der Waals surface area contributed by atoms with Gasteiger partial charge in [-0.05, 0) is 6.07 Å². The van der Waals surface area contributed by atoms with Crippen LogP contribution in [0.2, 0.25) is 0 Å². The van der Waals surface area contributed by atoms with Crippen molar-refractivity contribution < 1.29 is 73.5 Å². The van der Waals surface area contributed by atoms with Gasteiger partial charge in [-0.15, -0.1) is 0 Å². The maximum atomic E-state index is 12.9. The zero-order valence-corrected chi connectivity index (χ0v) is 11.3. The van der Waals surface area contributed by atoms with Crippen LogP contribution in [0.25, 0.3) is 0 Å². The van der Waals surface area contributed by atoms with Crippen molar-refractivity contribution >= 4 is 6.98 Å². The van der Waals surface area contributed by atoms with Gasteiger partial charge in [0.25, 0.3) is 0 Å². The van der Waals surface area contributed by atoms with Crippen LogP contribution < -0.4 is 51.4 Å². The fraction of sp³-hybridized carbons (Fsp3) is 0.250. The first-order valence-electron chi connectivity index (χ1n) is 4.01. The summed E-state index contributed by atoms with van der Waals surface area (Å²) < 4.78 is 52.3. The zero-order valence-electron chi connectivity index (χ0n) is 8.22. The molecule has 0 saturated carbocycles. The van der Waals surface area contributed by atoms with Crippen molar-refractivity contribution in [3.05, 3.63) is 35.6 Å². The van der Waals surface area contributed by atoms with E-state index in [9.17, 15) is 17.3 Å². The van der Waals surface area contributed by atoms with Crippen LogP contribution in [-0.2, 0) is 11.3 Å². The minimum absolute atomic E-state index is 0. The molecule has 0 aliphatic carbocycles. The Bertz CT molecular complexity index is 305. The van der Waals surface area contributed by atoms with Gasteiger partial charge in [0.1, 0.15) is 5.82 Å². The smallest absolute Gasteiger partial charge is 0.447 e. The number of benzene rings is 1. The van der Waals surface area contributed by atoms with Crippen LogP contribution in [0.1, 0.15) is 5.56 Å². The summed E-state index contributed by atoms with van der Waals surface area (Å²) in [4.78, 5) is 0. The average molecular weight is 246 g/mol. The van der Waals surface area contributed by atoms with Gasteiger partial charge in [-0.3, -0.25) is 0 Å². The molecule has 0 aliphatic rings. The van der Waals surface area contributed by atoms with Crippen molar-refractivity contribution in [2.75, 3.05) is 6.51 Å². The number of ether oxygens (including phenoxy) is 1. The molecule has 1 nitrogen and oxygen atoms in total. The minimum Gasteiger partial charge on any atom is -0.447 e. The van der Waals surface area contributed by atoms with Crippen molar-refractivity contribution in [2.45, 2.75) is 6.61 Å². The van der Waals surface area contributed by atoms with Crippen LogP contribution in [0.3, 0.4) is 0 Å². The van der Waals surface area contributed by atoms with Gasteiger partial charge < -0.3 is 17.7 Å². The number of rotatable bonds is 4. The third-order valence-electron chi connectivity index (χ3n) is 1.52. The van der Waals surface area contributed by atoms with E-state index in [1.807, 2.05) is 0 Å². The van der Waals surface area contributed by atoms with Gasteiger partial charge in [0.2, 0.25) is 0 Å². The Morgan fingerprint density at radius 2 is 1.73 bits per heavy atom. The molecule has 0 aromatic heterocycles. The van der Waals surface area contributed by atoms with Crippen LogP contribution in [0.4, 0.5) is 17.3 Å². The Kier molecular flexibility index (Phi) is 7.31. The Morgan fingerprint density at radius 1 is 1.13 bits per heavy atom. The van der Waals surface area contributed by atoms with Crippen molar-refractivity contribution in [2.24, 2.45) is 0 Å². The van der Waals surface area contributed by atoms with Gasteiger partial charge in [0.15, 0.2) is 0 Å². The van der Waals surface area contributed by atoms with E-state index in [0.717, 1.165) is 0 Å². The van der Waals surface area contributed by atoms with Crippen molar-refractivity contribution in [3.63, 3.8) is 0 Å². The largest absolute Gasteiger partial charge is 1.00 e. The average Bonchev–Trinajstić information content (AvgIpc) is 2.06. The van der Waals surface area contributed by atoms with Gasteiger partial charge in [0.05, 0.1) is 6.61 Å². The predicted octanol–water partition coefficient (Wildman–Crippen LogP) is -0.267. The molecule has 1 rings (SSSR count). The van der Waals surface area contributed by atoms with Crippen LogP contribution >= 0.6 is 0 Å². The third kappa shape index (κ3) is 6.70. The second kappa shape index (κ2) is 7.03. The molecule has 0 heterocycles. The molecule has 0 saturated heterocycles. The Morgan fingerprint density at radius 3 is 2.27 bits per heavy atom. The fourth-order valence-corrected chi connectivity index (χ4v) is 0.918. The first kappa shape index (κ1) is 15.6. The molecule has 0 N–H and O–H groups in total. The summed E-state index contributed by atoms with van der Waals surface area (Å²) in [6.07, 6.45) is 0. The second-order valence-electron chi connectivity index (χ2n) is 2.82. The van der Waals surface area contributed by atoms with Gasteiger partial charge >= 0.3 is 58.4 Å². The molecule has 1 aromatic carbocycles. The predicted molar refractivity (Wildman–Crippen MR) is 45.1 cm³/mol. The standard InChI is InChI=1S/C8H8BF4O.K/c10-8-4-2-1-3-7(8)5-14-6-9(11,12)13;/h1-4H,5-6H2;/q-1;+1. The normalized spacial score (nSPS) is 10.9. The topological polar surface area (TPSA) is 9.23 Å². The molecule has 0 radical (unpaired) electrons. The molecule has 0 atom stereocenters. The van der Waals surface area contributed by atoms with Crippen molar-refractivity contribution in [3.8, 4) is 0 Å². The monoisotopic (exact) mass is 246 g/mol. The molecule has 0 bridgehead atoms. The Hall–Kier alpha value is 0.601. The van der Waals surface area contributed by atoms with Crippen LogP contribution in [-0.4, -0.2) is 13.5 Å². The quantitative estimate of drug-likeness (QED) is 0.525. The number of halogens is 4. The van der Waals surface area contributed by atoms with E-state index in [-0.39, 0.29) is 63.6 Å². The summed E-state index contributed by atoms with van der Waals surface area (Å²) in [6, 6.07) is 5.57. The number of hydrogen-bond donors (Lipinski definition) is 0. The van der Waals surface area contributed by atoms with Crippen molar-refractivity contribution in [1.82, 2.24) is 0 Å². The molecule has 1 aromatic rings. The Balaban J connectivity index is 0.00000196. The summed E-state index contributed by atoms with van der Waals surface area (Å²) in [6.45, 7) is -6.61. The van der Waals surface area contributed by atoms with Gasteiger partial charge in [-0.1, -0.05) is 18.2 Å². The minimum atomic E-state index is -4.96. The summed E-state index contributed by atoms with van der Waals surface area (Å²) >= 11 is 0. The molecule has 0 spiro atoms. The van der Waals surface area contributed by atoms with Gasteiger partial charge in [0, 0.05) is 12.1 Å². The van der Waals surface area contributed by atoms with Crippen LogP contribution in [0, 0.1) is 5.82 Å². The maximum absolute atomic E-state index is 12.9. The summed E-state index contributed by atoms with van der Waals surface area (Å²) in [5.74, 6) is -0.554. The molecule has 0 aliphatic heterocycles. The van der Waals surface area contributed by atoms with E-state index >= 15 is 0 Å². The molecule has 7 heteroatoms. The molecule has 0 fully saturated rings. The van der Waals surface area contributed by atoms with E-state index in [0.29, 0.717) is 0 Å². The van der Waals surface area contributed by atoms with Crippen molar-refractivity contribution in [1.29, 1.82) is 0 Å². The van der Waals surface area contributed by atoms with Crippen LogP contribution in [0.15, 0.2) is 24.3 Å². The zero-order chi connectivity index (χ0) is 10.6. The van der Waals surface area contributed by atoms with E-state index in [2.05, 4.69) is 4.74 Å². The summed E-state index contributed by atoms with van der Waals surface area (Å²) in [7, 11) is 0. The van der Waals surface area contributed by atoms with E-state index < -0.39 is 19.3 Å². The second-order valence-corrected chi connectivity index (χ2v) is 2.82. The van der Waals surface area contributed by atoms with Gasteiger partial charge in [-0.25, -0.2) is 4.39 Å². The molecular formula is C8H8BF4KO. The Labute approximate surface area is 128 Å². The summed E-state index contributed by atoms with van der Waals surface area (Å²) in [5, 5.41) is 0. The van der Waals surface area contributed by atoms with Gasteiger partial charge in [-0.2, -0.15) is 0 Å². The number of hydrogen-bond acceptors (Lipinski definition) is 1. The first-order valence-corrected chi connectivity index (χ1v) is 4.01. The van der Waals surface area contributed by atoms with Crippen LogP contribution in [0.5, 0.6) is 0 Å². The first-order chi connectivity index (χ1) is 6.49. The van der Waals surface area contributed by atoms with E-state index in [4.69, 9.17) is 0 Å². The molecule has 0 unspecified atom stereocenters. The van der Waals surface area contributed by atoms with E-state index in [1.165, 1.54) is 18.2 Å². The maximum Gasteiger partial charge on any atom is 1.00 e. The molecule has 0 amide bonds. The van der Waals surface area contributed by atoms with E-state index in [1.54, 1.807) is 6.07 Å². The SMILES string of the molecule is Fc1ccccc1COC[B-](F)(F)F.[K+]. The molecule has 78 valence electrons. The third-order valence-corrected chi connectivity index (χ3v) is 1.52. The molecule has 15 heavy (non-hydrogen) atoms.